The average molecular weight is 353 g/mol. The maximum atomic E-state index is 13.3. The minimum atomic E-state index is -0.629. The number of hydrogen-bond donors (Lipinski definition) is 3. The number of nitrogens with zero attached hydrogens (tertiary/aromatic N) is 1. The third-order valence-corrected chi connectivity index (χ3v) is 3.91. The van der Waals surface area contributed by atoms with Crippen LogP contribution in [0.1, 0.15) is 25.3 Å². The largest absolute Gasteiger partial charge is 0.505 e. The van der Waals surface area contributed by atoms with Crippen molar-refractivity contribution in [3.05, 3.63) is 29.6 Å². The smallest absolute Gasteiger partial charge is 0.191 e. The molecule has 0 spiro atoms. The first-order chi connectivity index (χ1) is 12.2. The quantitative estimate of drug-likeness (QED) is 0.360. The van der Waals surface area contributed by atoms with Gasteiger partial charge in [0.2, 0.25) is 0 Å². The molecule has 3 N–H and O–H groups in total. The normalized spacial score (nSPS) is 17.7. The van der Waals surface area contributed by atoms with Gasteiger partial charge in [-0.3, -0.25) is 0 Å². The SMILES string of the molecule is CCNC(=NCc1ccc(O)c(F)c1)NCCCOCC1CCOC1. The van der Waals surface area contributed by atoms with E-state index in [9.17, 15) is 9.50 Å². The topological polar surface area (TPSA) is 75.1 Å². The van der Waals surface area contributed by atoms with Gasteiger partial charge in [0.25, 0.3) is 0 Å². The van der Waals surface area contributed by atoms with Gasteiger partial charge in [0, 0.05) is 32.2 Å². The minimum Gasteiger partial charge on any atom is -0.505 e. The highest BCUT2D eigenvalue weighted by molar-refractivity contribution is 5.79. The molecule has 1 aliphatic rings. The van der Waals surface area contributed by atoms with E-state index in [1.54, 1.807) is 6.07 Å². The summed E-state index contributed by atoms with van der Waals surface area (Å²) < 4.78 is 24.3. The van der Waals surface area contributed by atoms with E-state index >= 15 is 0 Å². The molecule has 0 bridgehead atoms. The maximum absolute atomic E-state index is 13.3. The Labute approximate surface area is 148 Å². The molecule has 0 amide bonds. The molecule has 140 valence electrons. The zero-order valence-corrected chi connectivity index (χ0v) is 14.8. The van der Waals surface area contributed by atoms with E-state index in [-0.39, 0.29) is 5.75 Å². The van der Waals surface area contributed by atoms with Crippen LogP contribution in [0.15, 0.2) is 23.2 Å². The minimum absolute atomic E-state index is 0.338. The molecule has 1 aliphatic heterocycles. The fourth-order valence-corrected chi connectivity index (χ4v) is 2.51. The molecule has 1 aromatic rings. The van der Waals surface area contributed by atoms with Gasteiger partial charge >= 0.3 is 0 Å². The van der Waals surface area contributed by atoms with Gasteiger partial charge in [-0.2, -0.15) is 0 Å². The number of aromatic hydroxyl groups is 1. The highest BCUT2D eigenvalue weighted by atomic mass is 19.1. The van der Waals surface area contributed by atoms with Crippen LogP contribution in [0.25, 0.3) is 0 Å². The Balaban J connectivity index is 1.67. The number of phenolic OH excluding ortho intramolecular Hbond substituents is 1. The first kappa shape index (κ1) is 19.5. The predicted octanol–water partition coefficient (Wildman–Crippen LogP) is 2.03. The monoisotopic (exact) mass is 353 g/mol. The summed E-state index contributed by atoms with van der Waals surface area (Å²) in [6.45, 7) is 6.95. The Morgan fingerprint density at radius 2 is 2.32 bits per heavy atom. The number of nitrogens with one attached hydrogen (secondary N) is 2. The second-order valence-electron chi connectivity index (χ2n) is 6.07. The Morgan fingerprint density at radius 3 is 3.04 bits per heavy atom. The second-order valence-corrected chi connectivity index (χ2v) is 6.07. The van der Waals surface area contributed by atoms with Gasteiger partial charge < -0.3 is 25.2 Å². The van der Waals surface area contributed by atoms with Crippen LogP contribution in [0.2, 0.25) is 0 Å². The van der Waals surface area contributed by atoms with Crippen molar-refractivity contribution in [3.63, 3.8) is 0 Å². The van der Waals surface area contributed by atoms with Crippen molar-refractivity contribution < 1.29 is 19.0 Å². The molecule has 0 aromatic heterocycles. The van der Waals surface area contributed by atoms with E-state index in [0.29, 0.717) is 30.6 Å². The molecule has 25 heavy (non-hydrogen) atoms. The number of phenols is 1. The van der Waals surface area contributed by atoms with Crippen LogP contribution in [0.4, 0.5) is 4.39 Å². The van der Waals surface area contributed by atoms with Crippen molar-refractivity contribution in [2.24, 2.45) is 10.9 Å². The van der Waals surface area contributed by atoms with Crippen molar-refractivity contribution >= 4 is 5.96 Å². The van der Waals surface area contributed by atoms with Crippen molar-refractivity contribution in [1.29, 1.82) is 0 Å². The molecule has 0 aliphatic carbocycles. The maximum Gasteiger partial charge on any atom is 0.191 e. The lowest BCUT2D eigenvalue weighted by Gasteiger charge is -2.12. The van der Waals surface area contributed by atoms with E-state index in [1.165, 1.54) is 12.1 Å². The fraction of sp³-hybridized carbons (Fsp3) is 0.611. The molecule has 1 aromatic carbocycles. The van der Waals surface area contributed by atoms with Gasteiger partial charge in [0.05, 0.1) is 19.8 Å². The summed E-state index contributed by atoms with van der Waals surface area (Å²) in [4.78, 5) is 4.42. The van der Waals surface area contributed by atoms with Crippen LogP contribution in [-0.2, 0) is 16.0 Å². The zero-order valence-electron chi connectivity index (χ0n) is 14.8. The molecule has 1 saturated heterocycles. The number of ether oxygens (including phenoxy) is 2. The van der Waals surface area contributed by atoms with Crippen LogP contribution in [0.3, 0.4) is 0 Å². The van der Waals surface area contributed by atoms with Crippen molar-refractivity contribution in [2.45, 2.75) is 26.3 Å². The summed E-state index contributed by atoms with van der Waals surface area (Å²) in [6.07, 6.45) is 1.97. The number of halogens is 1. The number of rotatable bonds is 9. The van der Waals surface area contributed by atoms with E-state index < -0.39 is 5.82 Å². The summed E-state index contributed by atoms with van der Waals surface area (Å²) in [5.74, 6) is 0.245. The van der Waals surface area contributed by atoms with Gasteiger partial charge in [0.15, 0.2) is 17.5 Å². The lowest BCUT2D eigenvalue weighted by molar-refractivity contribution is 0.0888. The first-order valence-electron chi connectivity index (χ1n) is 8.84. The first-order valence-corrected chi connectivity index (χ1v) is 8.84. The third-order valence-electron chi connectivity index (χ3n) is 3.91. The number of guanidine groups is 1. The van der Waals surface area contributed by atoms with E-state index in [4.69, 9.17) is 9.47 Å². The average Bonchev–Trinajstić information content (AvgIpc) is 3.12. The molecule has 1 atom stereocenters. The number of aliphatic imine (C=N–C) groups is 1. The predicted molar refractivity (Wildman–Crippen MR) is 95.2 cm³/mol. The summed E-state index contributed by atoms with van der Waals surface area (Å²) in [5.41, 5.74) is 0.703. The second kappa shape index (κ2) is 10.9. The van der Waals surface area contributed by atoms with Gasteiger partial charge in [0.1, 0.15) is 0 Å². The summed E-state index contributed by atoms with van der Waals surface area (Å²) in [7, 11) is 0. The summed E-state index contributed by atoms with van der Waals surface area (Å²) in [5, 5.41) is 15.6. The van der Waals surface area contributed by atoms with E-state index in [1.807, 2.05) is 6.92 Å². The lowest BCUT2D eigenvalue weighted by Crippen LogP contribution is -2.38. The van der Waals surface area contributed by atoms with E-state index in [0.717, 1.165) is 45.8 Å². The van der Waals surface area contributed by atoms with Crippen LogP contribution in [0, 0.1) is 11.7 Å². The van der Waals surface area contributed by atoms with Crippen LogP contribution in [-0.4, -0.2) is 50.6 Å². The van der Waals surface area contributed by atoms with E-state index in [2.05, 4.69) is 15.6 Å². The molecule has 6 nitrogen and oxygen atoms in total. The summed E-state index contributed by atoms with van der Waals surface area (Å²) in [6, 6.07) is 4.29. The molecule has 1 heterocycles. The third kappa shape index (κ3) is 7.27. The summed E-state index contributed by atoms with van der Waals surface area (Å²) >= 11 is 0. The lowest BCUT2D eigenvalue weighted by atomic mass is 10.1. The van der Waals surface area contributed by atoms with Gasteiger partial charge in [-0.15, -0.1) is 0 Å². The van der Waals surface area contributed by atoms with Crippen LogP contribution < -0.4 is 10.6 Å². The zero-order chi connectivity index (χ0) is 17.9. The molecule has 0 saturated carbocycles. The molecule has 1 fully saturated rings. The van der Waals surface area contributed by atoms with Crippen LogP contribution >= 0.6 is 0 Å². The molecule has 0 radical (unpaired) electrons. The molecule has 7 heteroatoms. The fourth-order valence-electron chi connectivity index (χ4n) is 2.51. The van der Waals surface area contributed by atoms with Crippen molar-refractivity contribution in [3.8, 4) is 5.75 Å². The Bertz CT molecular complexity index is 548. The van der Waals surface area contributed by atoms with Gasteiger partial charge in [-0.25, -0.2) is 9.38 Å². The Hall–Kier alpha value is -1.86. The molecule has 1 unspecified atom stereocenters. The molecular weight excluding hydrogens is 325 g/mol. The highest BCUT2D eigenvalue weighted by Crippen LogP contribution is 2.16. The van der Waals surface area contributed by atoms with Crippen molar-refractivity contribution in [2.75, 3.05) is 39.5 Å². The standard InChI is InChI=1S/C18H28FN3O3/c1-2-20-18(22-11-14-4-5-17(23)16(19)10-14)21-7-3-8-24-12-15-6-9-25-13-15/h4-5,10,15,23H,2-3,6-9,11-13H2,1H3,(H2,20,21,22). The number of benzene rings is 1. The molecular formula is C18H28FN3O3. The van der Waals surface area contributed by atoms with Crippen LogP contribution in [0.5, 0.6) is 5.75 Å². The molecule has 2 rings (SSSR count). The van der Waals surface area contributed by atoms with Crippen molar-refractivity contribution in [1.82, 2.24) is 10.6 Å². The highest BCUT2D eigenvalue weighted by Gasteiger charge is 2.15. The number of hydrogen-bond acceptors (Lipinski definition) is 4. The van der Waals surface area contributed by atoms with Gasteiger partial charge in [-0.1, -0.05) is 6.07 Å². The van der Waals surface area contributed by atoms with Gasteiger partial charge in [-0.05, 0) is 37.5 Å². The Morgan fingerprint density at radius 1 is 1.44 bits per heavy atom. The Kier molecular flexibility index (Phi) is 8.48.